The molecule has 0 aliphatic rings. The molecule has 0 spiro atoms. The van der Waals surface area contributed by atoms with E-state index in [-0.39, 0.29) is 6.54 Å². The predicted octanol–water partition coefficient (Wildman–Crippen LogP) is -0.203. The zero-order valence-corrected chi connectivity index (χ0v) is 8.80. The van der Waals surface area contributed by atoms with Crippen LogP contribution in [-0.4, -0.2) is 36.1 Å². The first kappa shape index (κ1) is 11.2. The van der Waals surface area contributed by atoms with Gasteiger partial charge in [0.25, 0.3) is 0 Å². The average molecular weight is 210 g/mol. The van der Waals surface area contributed by atoms with Crippen LogP contribution in [0.15, 0.2) is 12.4 Å². The van der Waals surface area contributed by atoms with Crippen LogP contribution < -0.4 is 15.4 Å². The van der Waals surface area contributed by atoms with Crippen molar-refractivity contribution in [2.75, 3.05) is 25.1 Å². The van der Waals surface area contributed by atoms with Gasteiger partial charge >= 0.3 is 0 Å². The van der Waals surface area contributed by atoms with Crippen LogP contribution >= 0.6 is 0 Å². The molecule has 2 N–H and O–H groups in total. The van der Waals surface area contributed by atoms with E-state index < -0.39 is 5.91 Å². The zero-order chi connectivity index (χ0) is 11.3. The summed E-state index contributed by atoms with van der Waals surface area (Å²) in [5.41, 5.74) is 5.07. The molecule has 1 aromatic heterocycles. The van der Waals surface area contributed by atoms with Gasteiger partial charge in [0.1, 0.15) is 0 Å². The molecule has 0 unspecified atom stereocenters. The first-order chi connectivity index (χ1) is 7.13. The van der Waals surface area contributed by atoms with Gasteiger partial charge in [-0.25, -0.2) is 0 Å². The summed E-state index contributed by atoms with van der Waals surface area (Å²) in [6.07, 6.45) is 3.07. The number of amides is 1. The first-order valence-corrected chi connectivity index (χ1v) is 4.57. The van der Waals surface area contributed by atoms with Crippen LogP contribution in [0.25, 0.3) is 0 Å². The van der Waals surface area contributed by atoms with Crippen LogP contribution in [0.2, 0.25) is 0 Å². The van der Waals surface area contributed by atoms with E-state index in [1.165, 1.54) is 6.20 Å². The van der Waals surface area contributed by atoms with Crippen molar-refractivity contribution in [1.29, 1.82) is 0 Å². The van der Waals surface area contributed by atoms with Gasteiger partial charge in [-0.1, -0.05) is 0 Å². The Kier molecular flexibility index (Phi) is 3.84. The monoisotopic (exact) mass is 210 g/mol. The molecule has 6 heteroatoms. The number of ether oxygens (including phenoxy) is 1. The fraction of sp³-hybridized carbons (Fsp3) is 0.444. The number of likely N-dealkylation sites (N-methyl/N-ethyl adjacent to an activating group) is 1. The van der Waals surface area contributed by atoms with Crippen molar-refractivity contribution >= 4 is 11.7 Å². The van der Waals surface area contributed by atoms with Gasteiger partial charge in [-0.05, 0) is 6.92 Å². The Balaban J connectivity index is 2.75. The number of nitrogens with two attached hydrogens (primary N) is 1. The second kappa shape index (κ2) is 5.14. The smallest absolute Gasteiger partial charge is 0.236 e. The summed E-state index contributed by atoms with van der Waals surface area (Å²) in [6.45, 7) is 2.49. The molecule has 1 amide bonds. The Morgan fingerprint density at radius 2 is 2.33 bits per heavy atom. The van der Waals surface area contributed by atoms with Gasteiger partial charge < -0.3 is 15.4 Å². The quantitative estimate of drug-likeness (QED) is 0.727. The summed E-state index contributed by atoms with van der Waals surface area (Å²) in [5.74, 6) is 0.576. The lowest BCUT2D eigenvalue weighted by atomic mass is 10.5. The third kappa shape index (κ3) is 3.41. The van der Waals surface area contributed by atoms with Crippen molar-refractivity contribution in [3.63, 3.8) is 0 Å². The number of hydrogen-bond acceptors (Lipinski definition) is 5. The number of anilines is 1. The molecule has 0 aliphatic carbocycles. The van der Waals surface area contributed by atoms with E-state index in [9.17, 15) is 4.79 Å². The maximum absolute atomic E-state index is 10.7. The molecule has 0 atom stereocenters. The lowest BCUT2D eigenvalue weighted by Crippen LogP contribution is -2.31. The highest BCUT2D eigenvalue weighted by Crippen LogP contribution is 2.11. The normalized spacial score (nSPS) is 9.73. The minimum Gasteiger partial charge on any atom is -0.477 e. The Hall–Kier alpha value is -1.85. The van der Waals surface area contributed by atoms with E-state index in [4.69, 9.17) is 10.5 Å². The number of carbonyl (C=O) groups is 1. The number of carbonyl (C=O) groups excluding carboxylic acids is 1. The zero-order valence-electron chi connectivity index (χ0n) is 8.80. The third-order valence-electron chi connectivity index (χ3n) is 1.68. The van der Waals surface area contributed by atoms with Gasteiger partial charge in [0, 0.05) is 7.05 Å². The number of nitrogens with zero attached hydrogens (tertiary/aromatic N) is 3. The maximum atomic E-state index is 10.7. The molecule has 6 nitrogen and oxygen atoms in total. The SMILES string of the molecule is CCOc1cncc(N(C)CC(N)=O)n1. The lowest BCUT2D eigenvalue weighted by molar-refractivity contribution is -0.116. The molecule has 0 aromatic carbocycles. The predicted molar refractivity (Wildman–Crippen MR) is 55.7 cm³/mol. The summed E-state index contributed by atoms with van der Waals surface area (Å²) in [5, 5.41) is 0. The van der Waals surface area contributed by atoms with E-state index in [1.54, 1.807) is 18.1 Å². The van der Waals surface area contributed by atoms with E-state index in [0.717, 1.165) is 0 Å². The van der Waals surface area contributed by atoms with Gasteiger partial charge in [0.05, 0.1) is 25.5 Å². The minimum atomic E-state index is -0.416. The molecular weight excluding hydrogens is 196 g/mol. The van der Waals surface area contributed by atoms with Crippen LogP contribution in [0.4, 0.5) is 5.82 Å². The fourth-order valence-corrected chi connectivity index (χ4v) is 1.05. The second-order valence-corrected chi connectivity index (χ2v) is 2.97. The molecule has 1 aromatic rings. The Morgan fingerprint density at radius 1 is 1.60 bits per heavy atom. The van der Waals surface area contributed by atoms with Crippen LogP contribution in [0.5, 0.6) is 5.88 Å². The van der Waals surface area contributed by atoms with Crippen LogP contribution in [0.3, 0.4) is 0 Å². The molecule has 0 saturated carbocycles. The van der Waals surface area contributed by atoms with Crippen molar-refractivity contribution < 1.29 is 9.53 Å². The van der Waals surface area contributed by atoms with Gasteiger partial charge in [-0.2, -0.15) is 4.98 Å². The number of rotatable bonds is 5. The molecule has 0 radical (unpaired) electrons. The highest BCUT2D eigenvalue weighted by atomic mass is 16.5. The molecule has 1 rings (SSSR count). The maximum Gasteiger partial charge on any atom is 0.236 e. The van der Waals surface area contributed by atoms with Crippen molar-refractivity contribution in [2.24, 2.45) is 5.73 Å². The van der Waals surface area contributed by atoms with Crippen molar-refractivity contribution in [3.8, 4) is 5.88 Å². The van der Waals surface area contributed by atoms with Gasteiger partial charge in [-0.3, -0.25) is 9.78 Å². The van der Waals surface area contributed by atoms with Crippen LogP contribution in [0.1, 0.15) is 6.92 Å². The summed E-state index contributed by atoms with van der Waals surface area (Å²) in [6, 6.07) is 0. The molecule has 1 heterocycles. The summed E-state index contributed by atoms with van der Waals surface area (Å²) in [4.78, 5) is 20.4. The topological polar surface area (TPSA) is 81.3 Å². The molecule has 15 heavy (non-hydrogen) atoms. The third-order valence-corrected chi connectivity index (χ3v) is 1.68. The van der Waals surface area contributed by atoms with Crippen LogP contribution in [0, 0.1) is 0 Å². The van der Waals surface area contributed by atoms with E-state index in [2.05, 4.69) is 9.97 Å². The van der Waals surface area contributed by atoms with E-state index in [0.29, 0.717) is 18.3 Å². The van der Waals surface area contributed by atoms with Crippen molar-refractivity contribution in [2.45, 2.75) is 6.92 Å². The highest BCUT2D eigenvalue weighted by Gasteiger charge is 2.07. The largest absolute Gasteiger partial charge is 0.477 e. The van der Waals surface area contributed by atoms with Crippen molar-refractivity contribution in [3.05, 3.63) is 12.4 Å². The fourth-order valence-electron chi connectivity index (χ4n) is 1.05. The van der Waals surface area contributed by atoms with Gasteiger partial charge in [0.15, 0.2) is 5.82 Å². The second-order valence-electron chi connectivity index (χ2n) is 2.97. The molecule has 0 fully saturated rings. The molecular formula is C9H14N4O2. The molecule has 82 valence electrons. The molecule has 0 aliphatic heterocycles. The van der Waals surface area contributed by atoms with Crippen molar-refractivity contribution in [1.82, 2.24) is 9.97 Å². The highest BCUT2D eigenvalue weighted by molar-refractivity contribution is 5.78. The van der Waals surface area contributed by atoms with Gasteiger partial charge in [0.2, 0.25) is 11.8 Å². The Bertz CT molecular complexity index is 343. The van der Waals surface area contributed by atoms with E-state index >= 15 is 0 Å². The molecule has 0 saturated heterocycles. The first-order valence-electron chi connectivity index (χ1n) is 4.57. The van der Waals surface area contributed by atoms with E-state index in [1.807, 2.05) is 6.92 Å². The lowest BCUT2D eigenvalue weighted by Gasteiger charge is -2.15. The van der Waals surface area contributed by atoms with Gasteiger partial charge in [-0.15, -0.1) is 0 Å². The Labute approximate surface area is 88.1 Å². The molecule has 0 bridgehead atoms. The summed E-state index contributed by atoms with van der Waals surface area (Å²) < 4.78 is 5.19. The van der Waals surface area contributed by atoms with Crippen LogP contribution in [-0.2, 0) is 4.79 Å². The average Bonchev–Trinajstić information content (AvgIpc) is 2.17. The minimum absolute atomic E-state index is 0.101. The summed E-state index contributed by atoms with van der Waals surface area (Å²) in [7, 11) is 1.71. The summed E-state index contributed by atoms with van der Waals surface area (Å²) >= 11 is 0. The number of hydrogen-bond donors (Lipinski definition) is 1. The standard InChI is InChI=1S/C9H14N4O2/c1-3-15-9-5-11-4-8(12-9)13(2)6-7(10)14/h4-5H,3,6H2,1-2H3,(H2,10,14). The number of primary amides is 1. The Morgan fingerprint density at radius 3 is 2.93 bits per heavy atom. The number of aromatic nitrogens is 2.